The van der Waals surface area contributed by atoms with Gasteiger partial charge in [-0.15, -0.1) is 0 Å². The van der Waals surface area contributed by atoms with E-state index in [2.05, 4.69) is 14.9 Å². The molecule has 0 aliphatic carbocycles. The third-order valence-electron chi connectivity index (χ3n) is 4.23. The summed E-state index contributed by atoms with van der Waals surface area (Å²) in [5.74, 6) is -0.520. The SMILES string of the molecule is COC(=O)c1cc(C2CN(S(=O)(=O)c3ccc(C)cc3C)C2)[nH]n1. The molecule has 1 aliphatic heterocycles. The molecule has 2 heterocycles. The van der Waals surface area contributed by atoms with Crippen LogP contribution in [0.5, 0.6) is 0 Å². The van der Waals surface area contributed by atoms with Crippen LogP contribution >= 0.6 is 0 Å². The van der Waals surface area contributed by atoms with Gasteiger partial charge in [0.2, 0.25) is 10.0 Å². The molecule has 1 fully saturated rings. The molecule has 0 bridgehead atoms. The van der Waals surface area contributed by atoms with Crippen molar-refractivity contribution in [1.82, 2.24) is 14.5 Å². The molecule has 0 radical (unpaired) electrons. The number of benzene rings is 1. The molecular weight excluding hydrogens is 330 g/mol. The summed E-state index contributed by atoms with van der Waals surface area (Å²) in [7, 11) is -2.21. The number of H-pyrrole nitrogens is 1. The molecule has 1 saturated heterocycles. The summed E-state index contributed by atoms with van der Waals surface area (Å²) in [5.41, 5.74) is 2.71. The number of aryl methyl sites for hydroxylation is 2. The van der Waals surface area contributed by atoms with Crippen LogP contribution in [0.1, 0.15) is 33.2 Å². The van der Waals surface area contributed by atoms with Gasteiger partial charge in [0.05, 0.1) is 12.0 Å². The average molecular weight is 349 g/mol. The summed E-state index contributed by atoms with van der Waals surface area (Å²) < 4.78 is 31.5. The van der Waals surface area contributed by atoms with Crippen molar-refractivity contribution in [3.8, 4) is 0 Å². The predicted molar refractivity (Wildman–Crippen MR) is 87.3 cm³/mol. The summed E-state index contributed by atoms with van der Waals surface area (Å²) >= 11 is 0. The number of methoxy groups -OCH3 is 1. The number of carbonyl (C=O) groups excluding carboxylic acids is 1. The maximum Gasteiger partial charge on any atom is 0.358 e. The molecule has 7 nitrogen and oxygen atoms in total. The van der Waals surface area contributed by atoms with Crippen LogP contribution in [0.3, 0.4) is 0 Å². The van der Waals surface area contributed by atoms with Gasteiger partial charge in [-0.3, -0.25) is 5.10 Å². The quantitative estimate of drug-likeness (QED) is 0.847. The molecule has 1 aromatic carbocycles. The van der Waals surface area contributed by atoms with Crippen LogP contribution in [0.15, 0.2) is 29.2 Å². The van der Waals surface area contributed by atoms with Crippen LogP contribution < -0.4 is 0 Å². The zero-order valence-corrected chi connectivity index (χ0v) is 14.6. The van der Waals surface area contributed by atoms with Crippen LogP contribution in [-0.4, -0.2) is 49.1 Å². The van der Waals surface area contributed by atoms with Crippen molar-refractivity contribution in [2.24, 2.45) is 0 Å². The highest BCUT2D eigenvalue weighted by Gasteiger charge is 2.39. The number of nitrogens with zero attached hydrogens (tertiary/aromatic N) is 2. The van der Waals surface area contributed by atoms with Gasteiger partial charge < -0.3 is 4.74 Å². The molecule has 1 aromatic heterocycles. The minimum absolute atomic E-state index is 0.00330. The van der Waals surface area contributed by atoms with Gasteiger partial charge in [0.25, 0.3) is 0 Å². The maximum absolute atomic E-state index is 12.7. The molecule has 8 heteroatoms. The Morgan fingerprint density at radius 2 is 2.00 bits per heavy atom. The number of aromatic amines is 1. The Bertz CT molecular complexity index is 882. The van der Waals surface area contributed by atoms with Crippen LogP contribution in [0.2, 0.25) is 0 Å². The van der Waals surface area contributed by atoms with Gasteiger partial charge in [0.15, 0.2) is 5.69 Å². The second-order valence-electron chi connectivity index (χ2n) is 5.99. The van der Waals surface area contributed by atoms with E-state index in [-0.39, 0.29) is 11.6 Å². The number of ether oxygens (including phenoxy) is 1. The molecule has 0 saturated carbocycles. The van der Waals surface area contributed by atoms with Crippen molar-refractivity contribution in [2.75, 3.05) is 20.2 Å². The second-order valence-corrected chi connectivity index (χ2v) is 7.89. The van der Waals surface area contributed by atoms with Gasteiger partial charge in [-0.2, -0.15) is 9.40 Å². The van der Waals surface area contributed by atoms with Gasteiger partial charge >= 0.3 is 5.97 Å². The van der Waals surface area contributed by atoms with Gasteiger partial charge in [0.1, 0.15) is 0 Å². The Balaban J connectivity index is 1.73. The molecular formula is C16H19N3O4S. The summed E-state index contributed by atoms with van der Waals surface area (Å²) in [6, 6.07) is 6.92. The highest BCUT2D eigenvalue weighted by molar-refractivity contribution is 7.89. The first-order chi connectivity index (χ1) is 11.3. The van der Waals surface area contributed by atoms with Crippen molar-refractivity contribution >= 4 is 16.0 Å². The summed E-state index contributed by atoms with van der Waals surface area (Å²) in [6.07, 6.45) is 0. The molecule has 1 N–H and O–H groups in total. The number of sulfonamides is 1. The first-order valence-corrected chi connectivity index (χ1v) is 8.98. The molecule has 3 rings (SSSR count). The van der Waals surface area contributed by atoms with E-state index in [4.69, 9.17) is 0 Å². The lowest BCUT2D eigenvalue weighted by Gasteiger charge is -2.37. The zero-order valence-electron chi connectivity index (χ0n) is 13.7. The van der Waals surface area contributed by atoms with Crippen molar-refractivity contribution in [3.05, 3.63) is 46.8 Å². The van der Waals surface area contributed by atoms with Crippen LogP contribution in [-0.2, 0) is 14.8 Å². The first-order valence-electron chi connectivity index (χ1n) is 7.54. The summed E-state index contributed by atoms with van der Waals surface area (Å²) in [6.45, 7) is 4.45. The van der Waals surface area contributed by atoms with E-state index in [1.165, 1.54) is 11.4 Å². The van der Waals surface area contributed by atoms with Crippen molar-refractivity contribution in [3.63, 3.8) is 0 Å². The molecule has 0 unspecified atom stereocenters. The Labute approximate surface area is 140 Å². The monoisotopic (exact) mass is 349 g/mol. The smallest absolute Gasteiger partial charge is 0.358 e. The lowest BCUT2D eigenvalue weighted by atomic mass is 9.99. The highest BCUT2D eigenvalue weighted by atomic mass is 32.2. The first kappa shape index (κ1) is 16.7. The number of esters is 1. The van der Waals surface area contributed by atoms with E-state index in [0.717, 1.165) is 16.8 Å². The number of aromatic nitrogens is 2. The van der Waals surface area contributed by atoms with Gasteiger partial charge in [-0.1, -0.05) is 17.7 Å². The lowest BCUT2D eigenvalue weighted by Crippen LogP contribution is -2.48. The van der Waals surface area contributed by atoms with E-state index >= 15 is 0 Å². The molecule has 24 heavy (non-hydrogen) atoms. The number of rotatable bonds is 4. The molecule has 1 aliphatic rings. The molecule has 2 aromatic rings. The molecule has 0 atom stereocenters. The van der Waals surface area contributed by atoms with Crippen molar-refractivity contribution in [2.45, 2.75) is 24.7 Å². The molecule has 0 spiro atoms. The fourth-order valence-electron chi connectivity index (χ4n) is 2.81. The standard InChI is InChI=1S/C16H19N3O4S/c1-10-4-5-15(11(2)6-10)24(21,22)19-8-12(9-19)13-7-14(18-17-13)16(20)23-3/h4-7,12H,8-9H2,1-3H3,(H,17,18). The summed E-state index contributed by atoms with van der Waals surface area (Å²) in [5, 5.41) is 6.67. The normalized spacial score (nSPS) is 16.0. The number of nitrogens with one attached hydrogen (secondary N) is 1. The minimum atomic E-state index is -3.50. The maximum atomic E-state index is 12.7. The third kappa shape index (κ3) is 2.83. The van der Waals surface area contributed by atoms with E-state index < -0.39 is 16.0 Å². The topological polar surface area (TPSA) is 92.4 Å². The Morgan fingerprint density at radius 1 is 1.29 bits per heavy atom. The zero-order chi connectivity index (χ0) is 17.5. The number of carbonyl (C=O) groups is 1. The molecule has 0 amide bonds. The van der Waals surface area contributed by atoms with Crippen molar-refractivity contribution in [1.29, 1.82) is 0 Å². The predicted octanol–water partition coefficient (Wildman–Crippen LogP) is 1.60. The van der Waals surface area contributed by atoms with E-state index in [1.807, 2.05) is 13.0 Å². The fourth-order valence-corrected chi connectivity index (χ4v) is 4.55. The van der Waals surface area contributed by atoms with Crippen LogP contribution in [0, 0.1) is 13.8 Å². The second kappa shape index (κ2) is 6.03. The largest absolute Gasteiger partial charge is 0.464 e. The average Bonchev–Trinajstić information content (AvgIpc) is 2.93. The molecule has 128 valence electrons. The highest BCUT2D eigenvalue weighted by Crippen LogP contribution is 2.32. The Hall–Kier alpha value is -2.19. The fraction of sp³-hybridized carbons (Fsp3) is 0.375. The van der Waals surface area contributed by atoms with Gasteiger partial charge in [0, 0.05) is 24.7 Å². The number of hydrogen-bond donors (Lipinski definition) is 1. The van der Waals surface area contributed by atoms with E-state index in [9.17, 15) is 13.2 Å². The Kier molecular flexibility index (Phi) is 4.18. The van der Waals surface area contributed by atoms with Crippen LogP contribution in [0.25, 0.3) is 0 Å². The van der Waals surface area contributed by atoms with Gasteiger partial charge in [-0.05, 0) is 31.5 Å². The number of hydrogen-bond acceptors (Lipinski definition) is 5. The van der Waals surface area contributed by atoms with Crippen LogP contribution in [0.4, 0.5) is 0 Å². The third-order valence-corrected chi connectivity index (χ3v) is 6.22. The lowest BCUT2D eigenvalue weighted by molar-refractivity contribution is 0.0594. The van der Waals surface area contributed by atoms with E-state index in [0.29, 0.717) is 18.0 Å². The van der Waals surface area contributed by atoms with Crippen molar-refractivity contribution < 1.29 is 17.9 Å². The van der Waals surface area contributed by atoms with E-state index in [1.54, 1.807) is 25.1 Å². The summed E-state index contributed by atoms with van der Waals surface area (Å²) in [4.78, 5) is 11.8. The minimum Gasteiger partial charge on any atom is -0.464 e. The Morgan fingerprint density at radius 3 is 2.62 bits per heavy atom. The van der Waals surface area contributed by atoms with Gasteiger partial charge in [-0.25, -0.2) is 13.2 Å².